The normalized spacial score (nSPS) is 9.95. The number of amides is 2. The largest absolute Gasteiger partial charge is 0.352 e. The first kappa shape index (κ1) is 15.4. The molecule has 0 bridgehead atoms. The second-order valence-corrected chi connectivity index (χ2v) is 4.02. The minimum absolute atomic E-state index is 0.0276. The quantitative estimate of drug-likeness (QED) is 0.446. The summed E-state index contributed by atoms with van der Waals surface area (Å²) in [5.41, 5.74) is 0.632. The predicted molar refractivity (Wildman–Crippen MR) is 75.8 cm³/mol. The van der Waals surface area contributed by atoms with Crippen LogP contribution in [0.1, 0.15) is 23.2 Å². The SMILES string of the molecule is N#CCNC(=O)CC=CCCNC(=O)c1ccccc1. The van der Waals surface area contributed by atoms with Gasteiger partial charge in [0, 0.05) is 18.5 Å². The molecule has 0 aliphatic carbocycles. The van der Waals surface area contributed by atoms with Gasteiger partial charge in [-0.05, 0) is 18.6 Å². The predicted octanol–water partition coefficient (Wildman–Crippen LogP) is 1.39. The molecule has 2 amide bonds. The maximum Gasteiger partial charge on any atom is 0.251 e. The van der Waals surface area contributed by atoms with Gasteiger partial charge < -0.3 is 10.6 Å². The van der Waals surface area contributed by atoms with Gasteiger partial charge in [-0.1, -0.05) is 30.4 Å². The Morgan fingerprint density at radius 1 is 1.15 bits per heavy atom. The maximum absolute atomic E-state index is 11.7. The molecule has 0 radical (unpaired) electrons. The van der Waals surface area contributed by atoms with E-state index in [1.807, 2.05) is 30.3 Å². The average molecular weight is 271 g/mol. The van der Waals surface area contributed by atoms with Crippen molar-refractivity contribution < 1.29 is 9.59 Å². The Morgan fingerprint density at radius 3 is 2.60 bits per heavy atom. The molecule has 0 aliphatic rings. The number of benzene rings is 1. The van der Waals surface area contributed by atoms with Crippen molar-refractivity contribution in [2.24, 2.45) is 0 Å². The highest BCUT2D eigenvalue weighted by Crippen LogP contribution is 1.97. The fourth-order valence-electron chi connectivity index (χ4n) is 1.48. The summed E-state index contributed by atoms with van der Waals surface area (Å²) in [5.74, 6) is -0.290. The van der Waals surface area contributed by atoms with Gasteiger partial charge in [0.15, 0.2) is 0 Å². The summed E-state index contributed by atoms with van der Waals surface area (Å²) in [7, 11) is 0. The summed E-state index contributed by atoms with van der Waals surface area (Å²) >= 11 is 0. The van der Waals surface area contributed by atoms with Crippen molar-refractivity contribution >= 4 is 11.8 Å². The Bertz CT molecular complexity index is 504. The Morgan fingerprint density at radius 2 is 1.90 bits per heavy atom. The molecule has 5 nitrogen and oxygen atoms in total. The Labute approximate surface area is 118 Å². The van der Waals surface area contributed by atoms with Crippen LogP contribution in [0.25, 0.3) is 0 Å². The number of hydrogen-bond donors (Lipinski definition) is 2. The minimum Gasteiger partial charge on any atom is -0.352 e. The molecule has 2 N–H and O–H groups in total. The molecule has 0 saturated carbocycles. The van der Waals surface area contributed by atoms with Gasteiger partial charge in [-0.15, -0.1) is 0 Å². The first-order valence-electron chi connectivity index (χ1n) is 6.36. The van der Waals surface area contributed by atoms with Crippen LogP contribution in [0, 0.1) is 11.3 Å². The summed E-state index contributed by atoms with van der Waals surface area (Å²) in [6.45, 7) is 0.545. The molecule has 0 heterocycles. The van der Waals surface area contributed by atoms with E-state index in [1.54, 1.807) is 18.2 Å². The molecule has 0 atom stereocenters. The smallest absolute Gasteiger partial charge is 0.251 e. The van der Waals surface area contributed by atoms with E-state index in [0.717, 1.165) is 0 Å². The van der Waals surface area contributed by atoms with Crippen molar-refractivity contribution in [2.45, 2.75) is 12.8 Å². The summed E-state index contributed by atoms with van der Waals surface area (Å²) in [5, 5.41) is 13.5. The molecule has 0 aromatic heterocycles. The molecule has 5 heteroatoms. The number of rotatable bonds is 7. The standard InChI is InChI=1S/C15H17N3O2/c16-10-12-17-14(19)9-5-2-6-11-18-15(20)13-7-3-1-4-8-13/h1-5,7-8H,6,9,11-12H2,(H,17,19)(H,18,20). The van der Waals surface area contributed by atoms with Crippen molar-refractivity contribution in [3.63, 3.8) is 0 Å². The number of hydrogen-bond acceptors (Lipinski definition) is 3. The van der Waals surface area contributed by atoms with E-state index in [2.05, 4.69) is 10.6 Å². The number of nitrogens with one attached hydrogen (secondary N) is 2. The van der Waals surface area contributed by atoms with Crippen LogP contribution >= 0.6 is 0 Å². The summed E-state index contributed by atoms with van der Waals surface area (Å²) in [6, 6.07) is 10.8. The van der Waals surface area contributed by atoms with Crippen LogP contribution < -0.4 is 10.6 Å². The van der Waals surface area contributed by atoms with Gasteiger partial charge in [-0.25, -0.2) is 0 Å². The zero-order valence-electron chi connectivity index (χ0n) is 11.1. The van der Waals surface area contributed by atoms with Gasteiger partial charge in [-0.2, -0.15) is 5.26 Å². The van der Waals surface area contributed by atoms with Crippen molar-refractivity contribution in [3.8, 4) is 6.07 Å². The molecule has 0 spiro atoms. The first-order valence-corrected chi connectivity index (χ1v) is 6.36. The average Bonchev–Trinajstić information content (AvgIpc) is 2.49. The molecule has 0 unspecified atom stereocenters. The molecule has 104 valence electrons. The number of carbonyl (C=O) groups excluding carboxylic acids is 2. The van der Waals surface area contributed by atoms with Gasteiger partial charge in [0.25, 0.3) is 5.91 Å². The molecule has 20 heavy (non-hydrogen) atoms. The lowest BCUT2D eigenvalue weighted by molar-refractivity contribution is -0.120. The van der Waals surface area contributed by atoms with Crippen molar-refractivity contribution in [3.05, 3.63) is 48.0 Å². The Kier molecular flexibility index (Phi) is 7.21. The van der Waals surface area contributed by atoms with Crippen LogP contribution in [-0.4, -0.2) is 24.9 Å². The highest BCUT2D eigenvalue weighted by molar-refractivity contribution is 5.94. The Balaban J connectivity index is 2.14. The van der Waals surface area contributed by atoms with Crippen LogP contribution in [-0.2, 0) is 4.79 Å². The fraction of sp³-hybridized carbons (Fsp3) is 0.267. The van der Waals surface area contributed by atoms with E-state index in [-0.39, 0.29) is 24.8 Å². The zero-order valence-corrected chi connectivity index (χ0v) is 11.1. The topological polar surface area (TPSA) is 82.0 Å². The summed E-state index contributed by atoms with van der Waals surface area (Å²) in [6.07, 6.45) is 4.46. The van der Waals surface area contributed by atoms with Gasteiger partial charge >= 0.3 is 0 Å². The van der Waals surface area contributed by atoms with E-state index < -0.39 is 0 Å². The van der Waals surface area contributed by atoms with E-state index in [0.29, 0.717) is 18.5 Å². The molecule has 1 aromatic carbocycles. The first-order chi connectivity index (χ1) is 9.74. The van der Waals surface area contributed by atoms with Crippen LogP contribution in [0.3, 0.4) is 0 Å². The minimum atomic E-state index is -0.184. The third-order valence-corrected chi connectivity index (χ3v) is 2.47. The van der Waals surface area contributed by atoms with E-state index in [4.69, 9.17) is 5.26 Å². The summed E-state index contributed by atoms with van der Waals surface area (Å²) in [4.78, 5) is 22.8. The second-order valence-electron chi connectivity index (χ2n) is 4.02. The third kappa shape index (κ3) is 6.36. The van der Waals surface area contributed by atoms with Crippen molar-refractivity contribution in [1.29, 1.82) is 5.26 Å². The third-order valence-electron chi connectivity index (χ3n) is 2.47. The molecular formula is C15H17N3O2. The van der Waals surface area contributed by atoms with Crippen LogP contribution in [0.15, 0.2) is 42.5 Å². The van der Waals surface area contributed by atoms with Gasteiger partial charge in [0.05, 0.1) is 6.07 Å². The van der Waals surface area contributed by atoms with Gasteiger partial charge in [-0.3, -0.25) is 9.59 Å². The van der Waals surface area contributed by atoms with Crippen LogP contribution in [0.2, 0.25) is 0 Å². The van der Waals surface area contributed by atoms with E-state index >= 15 is 0 Å². The van der Waals surface area contributed by atoms with Gasteiger partial charge in [0.1, 0.15) is 6.54 Å². The lowest BCUT2D eigenvalue weighted by Gasteiger charge is -2.02. The van der Waals surface area contributed by atoms with Crippen molar-refractivity contribution in [2.75, 3.05) is 13.1 Å². The number of nitriles is 1. The Hall–Kier alpha value is -2.61. The summed E-state index contributed by atoms with van der Waals surface area (Å²) < 4.78 is 0. The molecule has 0 saturated heterocycles. The lowest BCUT2D eigenvalue weighted by atomic mass is 10.2. The molecule has 0 fully saturated rings. The monoisotopic (exact) mass is 271 g/mol. The maximum atomic E-state index is 11.7. The highest BCUT2D eigenvalue weighted by Gasteiger charge is 2.01. The lowest BCUT2D eigenvalue weighted by Crippen LogP contribution is -2.24. The molecule has 0 aliphatic heterocycles. The highest BCUT2D eigenvalue weighted by atomic mass is 16.2. The van der Waals surface area contributed by atoms with Crippen LogP contribution in [0.5, 0.6) is 0 Å². The van der Waals surface area contributed by atoms with Crippen LogP contribution in [0.4, 0.5) is 0 Å². The number of nitrogens with zero attached hydrogens (tertiary/aromatic N) is 1. The zero-order chi connectivity index (χ0) is 14.6. The van der Waals surface area contributed by atoms with Crippen molar-refractivity contribution in [1.82, 2.24) is 10.6 Å². The molecule has 1 aromatic rings. The molecular weight excluding hydrogens is 254 g/mol. The molecule has 1 rings (SSSR count). The van der Waals surface area contributed by atoms with E-state index in [1.165, 1.54) is 0 Å². The van der Waals surface area contributed by atoms with Gasteiger partial charge in [0.2, 0.25) is 5.91 Å². The van der Waals surface area contributed by atoms with E-state index in [9.17, 15) is 9.59 Å². The second kappa shape index (κ2) is 9.34. The number of carbonyl (C=O) groups is 2. The fourth-order valence-corrected chi connectivity index (χ4v) is 1.48.